The Hall–Kier alpha value is -3.12. The number of benzene rings is 3. The Kier molecular flexibility index (Phi) is 9.49. The minimum Gasteiger partial charge on any atom is -0.350 e. The summed E-state index contributed by atoms with van der Waals surface area (Å²) in [6, 6.07) is 25.3. The van der Waals surface area contributed by atoms with Crippen LogP contribution in [0, 0.1) is 5.82 Å². The minimum atomic E-state index is -0.682. The van der Waals surface area contributed by atoms with Gasteiger partial charge in [0.2, 0.25) is 11.8 Å². The van der Waals surface area contributed by atoms with E-state index >= 15 is 0 Å². The van der Waals surface area contributed by atoms with Crippen LogP contribution in [0.3, 0.4) is 0 Å². The van der Waals surface area contributed by atoms with E-state index in [1.807, 2.05) is 81.4 Å². The number of thioether (sulfide) groups is 1. The third-order valence-corrected chi connectivity index (χ3v) is 6.37. The van der Waals surface area contributed by atoms with Gasteiger partial charge in [-0.25, -0.2) is 4.39 Å². The number of hydrogen-bond acceptors (Lipinski definition) is 3. The molecule has 4 nitrogen and oxygen atoms in total. The molecule has 0 aliphatic carbocycles. The van der Waals surface area contributed by atoms with Crippen LogP contribution in [-0.4, -0.2) is 34.0 Å². The van der Waals surface area contributed by atoms with Crippen molar-refractivity contribution in [1.29, 1.82) is 0 Å². The molecule has 0 aromatic heterocycles. The Morgan fingerprint density at radius 3 is 2.06 bits per heavy atom. The molecule has 2 amide bonds. The molecule has 0 radical (unpaired) electrons. The van der Waals surface area contributed by atoms with Crippen molar-refractivity contribution in [2.75, 3.05) is 5.75 Å². The predicted octanol–water partition coefficient (Wildman–Crippen LogP) is 5.61. The molecular weight excluding hydrogens is 459 g/mol. The fraction of sp³-hybridized carbons (Fsp3) is 0.310. The van der Waals surface area contributed by atoms with Gasteiger partial charge in [-0.3, -0.25) is 9.59 Å². The third kappa shape index (κ3) is 8.55. The monoisotopic (exact) mass is 492 g/mol. The van der Waals surface area contributed by atoms with Crippen molar-refractivity contribution in [3.05, 3.63) is 107 Å². The van der Waals surface area contributed by atoms with Crippen molar-refractivity contribution in [3.8, 4) is 0 Å². The van der Waals surface area contributed by atoms with Crippen molar-refractivity contribution in [1.82, 2.24) is 10.2 Å². The third-order valence-electron chi connectivity index (χ3n) is 5.41. The Morgan fingerprint density at radius 1 is 0.886 bits per heavy atom. The Labute approximate surface area is 211 Å². The van der Waals surface area contributed by atoms with Gasteiger partial charge in [-0.05, 0) is 43.5 Å². The first-order chi connectivity index (χ1) is 16.7. The standard InChI is InChI=1S/C29H33FN2O2S/c1-29(2,3)31-28(34)26(18-22-12-6-4-7-13-22)32(19-23-14-8-5-9-15-23)27(33)21-35-20-24-16-10-11-17-25(24)30/h4-17,26H,18-21H2,1-3H3,(H,31,34). The molecule has 0 saturated carbocycles. The second-order valence-electron chi connectivity index (χ2n) is 9.54. The van der Waals surface area contributed by atoms with E-state index in [1.165, 1.54) is 17.8 Å². The van der Waals surface area contributed by atoms with Crippen molar-refractivity contribution in [3.63, 3.8) is 0 Å². The largest absolute Gasteiger partial charge is 0.350 e. The number of carbonyl (C=O) groups excluding carboxylic acids is 2. The smallest absolute Gasteiger partial charge is 0.243 e. The van der Waals surface area contributed by atoms with E-state index in [-0.39, 0.29) is 23.4 Å². The van der Waals surface area contributed by atoms with Crippen LogP contribution in [0.2, 0.25) is 0 Å². The van der Waals surface area contributed by atoms with Gasteiger partial charge in [0.15, 0.2) is 0 Å². The zero-order valence-electron chi connectivity index (χ0n) is 20.5. The molecule has 3 aromatic rings. The molecule has 0 saturated heterocycles. The average molecular weight is 493 g/mol. The zero-order chi connectivity index (χ0) is 25.3. The zero-order valence-corrected chi connectivity index (χ0v) is 21.4. The SMILES string of the molecule is CC(C)(C)NC(=O)C(Cc1ccccc1)N(Cc1ccccc1)C(=O)CSCc1ccccc1F. The number of nitrogens with one attached hydrogen (secondary N) is 1. The Morgan fingerprint density at radius 2 is 1.46 bits per heavy atom. The number of hydrogen-bond donors (Lipinski definition) is 1. The van der Waals surface area contributed by atoms with E-state index in [0.29, 0.717) is 24.3 Å². The van der Waals surface area contributed by atoms with E-state index in [1.54, 1.807) is 23.1 Å². The molecule has 0 fully saturated rings. The first-order valence-corrected chi connectivity index (χ1v) is 12.9. The van der Waals surface area contributed by atoms with Gasteiger partial charge in [0.25, 0.3) is 0 Å². The molecule has 3 aromatic carbocycles. The van der Waals surface area contributed by atoms with Crippen molar-refractivity contribution in [2.45, 2.75) is 51.1 Å². The summed E-state index contributed by atoms with van der Waals surface area (Å²) in [4.78, 5) is 28.7. The highest BCUT2D eigenvalue weighted by atomic mass is 32.2. The minimum absolute atomic E-state index is 0.148. The molecule has 0 spiro atoms. The van der Waals surface area contributed by atoms with Gasteiger partial charge in [0.1, 0.15) is 11.9 Å². The van der Waals surface area contributed by atoms with Crippen LogP contribution in [0.1, 0.15) is 37.5 Å². The van der Waals surface area contributed by atoms with Crippen LogP contribution >= 0.6 is 11.8 Å². The normalized spacial score (nSPS) is 12.1. The van der Waals surface area contributed by atoms with Crippen molar-refractivity contribution in [2.24, 2.45) is 0 Å². The Bertz CT molecular complexity index is 1100. The molecule has 35 heavy (non-hydrogen) atoms. The maximum Gasteiger partial charge on any atom is 0.243 e. The second kappa shape index (κ2) is 12.5. The number of rotatable bonds is 10. The van der Waals surface area contributed by atoms with Crippen LogP contribution < -0.4 is 5.32 Å². The lowest BCUT2D eigenvalue weighted by Crippen LogP contribution is -2.54. The van der Waals surface area contributed by atoms with E-state index < -0.39 is 11.6 Å². The number of amides is 2. The Balaban J connectivity index is 1.85. The highest BCUT2D eigenvalue weighted by Crippen LogP contribution is 2.20. The van der Waals surface area contributed by atoms with E-state index in [2.05, 4.69) is 5.32 Å². The van der Waals surface area contributed by atoms with Crippen LogP contribution in [0.15, 0.2) is 84.9 Å². The van der Waals surface area contributed by atoms with Gasteiger partial charge in [-0.1, -0.05) is 78.9 Å². The summed E-state index contributed by atoms with van der Waals surface area (Å²) in [5, 5.41) is 3.06. The lowest BCUT2D eigenvalue weighted by atomic mass is 10.0. The van der Waals surface area contributed by atoms with Gasteiger partial charge in [0, 0.05) is 24.3 Å². The first kappa shape index (κ1) is 26.5. The average Bonchev–Trinajstić information content (AvgIpc) is 2.82. The quantitative estimate of drug-likeness (QED) is 0.400. The second-order valence-corrected chi connectivity index (χ2v) is 10.5. The van der Waals surface area contributed by atoms with Crippen LogP contribution in [0.5, 0.6) is 0 Å². The van der Waals surface area contributed by atoms with Crippen LogP contribution in [-0.2, 0) is 28.3 Å². The lowest BCUT2D eigenvalue weighted by molar-refractivity contribution is -0.140. The first-order valence-electron chi connectivity index (χ1n) is 11.7. The predicted molar refractivity (Wildman–Crippen MR) is 141 cm³/mol. The topological polar surface area (TPSA) is 49.4 Å². The molecule has 3 rings (SSSR count). The summed E-state index contributed by atoms with van der Waals surface area (Å²) in [6.07, 6.45) is 0.402. The molecular formula is C29H33FN2O2S. The van der Waals surface area contributed by atoms with Crippen molar-refractivity contribution < 1.29 is 14.0 Å². The van der Waals surface area contributed by atoms with E-state index in [9.17, 15) is 14.0 Å². The molecule has 0 aliphatic rings. The van der Waals surface area contributed by atoms with Gasteiger partial charge < -0.3 is 10.2 Å². The van der Waals surface area contributed by atoms with Gasteiger partial charge >= 0.3 is 0 Å². The fourth-order valence-electron chi connectivity index (χ4n) is 3.73. The maximum absolute atomic E-state index is 14.0. The van der Waals surface area contributed by atoms with Gasteiger partial charge in [-0.2, -0.15) is 0 Å². The summed E-state index contributed by atoms with van der Waals surface area (Å²) in [7, 11) is 0. The molecule has 1 unspecified atom stereocenters. The maximum atomic E-state index is 14.0. The summed E-state index contributed by atoms with van der Waals surface area (Å²) in [5.74, 6) is -0.0882. The van der Waals surface area contributed by atoms with E-state index in [0.717, 1.165) is 11.1 Å². The molecule has 1 atom stereocenters. The van der Waals surface area contributed by atoms with Crippen LogP contribution in [0.25, 0.3) is 0 Å². The fourth-order valence-corrected chi connectivity index (χ4v) is 4.63. The van der Waals surface area contributed by atoms with E-state index in [4.69, 9.17) is 0 Å². The number of halogens is 1. The number of nitrogens with zero attached hydrogens (tertiary/aromatic N) is 1. The van der Waals surface area contributed by atoms with Gasteiger partial charge in [-0.15, -0.1) is 11.8 Å². The molecule has 6 heteroatoms. The highest BCUT2D eigenvalue weighted by Gasteiger charge is 2.32. The molecule has 0 heterocycles. The molecule has 0 aliphatic heterocycles. The lowest BCUT2D eigenvalue weighted by Gasteiger charge is -2.34. The number of carbonyl (C=O) groups is 2. The highest BCUT2D eigenvalue weighted by molar-refractivity contribution is 7.99. The summed E-state index contributed by atoms with van der Waals surface area (Å²) in [6.45, 7) is 6.10. The van der Waals surface area contributed by atoms with Crippen LogP contribution in [0.4, 0.5) is 4.39 Å². The molecule has 184 valence electrons. The molecule has 1 N–H and O–H groups in total. The van der Waals surface area contributed by atoms with Gasteiger partial charge in [0.05, 0.1) is 5.75 Å². The summed E-state index contributed by atoms with van der Waals surface area (Å²) in [5.41, 5.74) is 2.05. The molecule has 0 bridgehead atoms. The summed E-state index contributed by atoms with van der Waals surface area (Å²) >= 11 is 1.35. The van der Waals surface area contributed by atoms with Crippen molar-refractivity contribution >= 4 is 23.6 Å². The summed E-state index contributed by atoms with van der Waals surface area (Å²) < 4.78 is 14.0.